The van der Waals surface area contributed by atoms with E-state index in [1.807, 2.05) is 0 Å². The molecule has 240 valence electrons. The van der Waals surface area contributed by atoms with Crippen LogP contribution in [0.1, 0.15) is 38.3 Å². The largest absolute Gasteiger partial charge is 0.508 e. The lowest BCUT2D eigenvalue weighted by Crippen LogP contribution is -2.52. The highest BCUT2D eigenvalue weighted by Crippen LogP contribution is 2.22. The topological polar surface area (TPSA) is 165 Å². The number of sulfone groups is 1. The maximum Gasteiger partial charge on any atom is 0.408 e. The van der Waals surface area contributed by atoms with Gasteiger partial charge in [0.25, 0.3) is 0 Å². The van der Waals surface area contributed by atoms with Crippen LogP contribution in [0.15, 0.2) is 89.8 Å². The zero-order valence-electron chi connectivity index (χ0n) is 25.6. The first-order chi connectivity index (χ1) is 21.2. The Balaban J connectivity index is 1.97. The summed E-state index contributed by atoms with van der Waals surface area (Å²) in [5.41, 5.74) is 0.310. The summed E-state index contributed by atoms with van der Waals surface area (Å²) in [6.07, 6.45) is -1.88. The predicted octanol–water partition coefficient (Wildman–Crippen LogP) is 3.53. The SMILES string of the molecule is COC(=O)C(Cc1ccc(O)cc1)NC(=O)CC(C(=O)[C@H](Cc1ccccc1)NC(=O)OC(C)(C)C)S(=O)(=O)c1ccccc1. The number of nitrogens with one attached hydrogen (secondary N) is 2. The molecule has 0 spiro atoms. The summed E-state index contributed by atoms with van der Waals surface area (Å²) in [6.45, 7) is 4.93. The number of ether oxygens (including phenoxy) is 2. The molecule has 0 aliphatic rings. The van der Waals surface area contributed by atoms with Crippen molar-refractivity contribution in [3.05, 3.63) is 96.1 Å². The molecule has 2 amide bonds. The zero-order chi connectivity index (χ0) is 33.2. The van der Waals surface area contributed by atoms with Crippen molar-refractivity contribution >= 4 is 33.6 Å². The lowest BCUT2D eigenvalue weighted by Gasteiger charge is -2.26. The second kappa shape index (κ2) is 15.3. The third kappa shape index (κ3) is 10.5. The van der Waals surface area contributed by atoms with E-state index in [0.29, 0.717) is 11.1 Å². The minimum Gasteiger partial charge on any atom is -0.508 e. The second-order valence-corrected chi connectivity index (χ2v) is 13.5. The smallest absolute Gasteiger partial charge is 0.408 e. The number of amides is 2. The molecule has 0 aliphatic heterocycles. The lowest BCUT2D eigenvalue weighted by atomic mass is 9.99. The Labute approximate surface area is 262 Å². The fraction of sp³-hybridized carbons (Fsp3) is 0.333. The van der Waals surface area contributed by atoms with Crippen molar-refractivity contribution in [2.45, 2.75) is 67.9 Å². The van der Waals surface area contributed by atoms with Gasteiger partial charge in [-0.25, -0.2) is 18.0 Å². The van der Waals surface area contributed by atoms with E-state index in [2.05, 4.69) is 10.6 Å². The van der Waals surface area contributed by atoms with Crippen LogP contribution in [-0.4, -0.2) is 67.3 Å². The molecule has 0 aromatic heterocycles. The van der Waals surface area contributed by atoms with Crippen molar-refractivity contribution in [3.63, 3.8) is 0 Å². The molecule has 0 heterocycles. The molecule has 0 aliphatic carbocycles. The average Bonchev–Trinajstić information content (AvgIpc) is 2.99. The summed E-state index contributed by atoms with van der Waals surface area (Å²) in [7, 11) is -3.34. The van der Waals surface area contributed by atoms with Crippen LogP contribution in [-0.2, 0) is 46.5 Å². The monoisotopic (exact) mass is 638 g/mol. The van der Waals surface area contributed by atoms with Gasteiger partial charge in [-0.15, -0.1) is 0 Å². The van der Waals surface area contributed by atoms with Gasteiger partial charge in [0.05, 0.1) is 24.5 Å². The number of benzene rings is 3. The first kappa shape index (κ1) is 34.8. The number of methoxy groups -OCH3 is 1. The van der Waals surface area contributed by atoms with Gasteiger partial charge >= 0.3 is 12.1 Å². The van der Waals surface area contributed by atoms with E-state index in [-0.39, 0.29) is 23.5 Å². The first-order valence-electron chi connectivity index (χ1n) is 14.2. The van der Waals surface area contributed by atoms with E-state index < -0.39 is 62.9 Å². The molecule has 12 heteroatoms. The number of phenols is 1. The van der Waals surface area contributed by atoms with Gasteiger partial charge in [-0.1, -0.05) is 60.7 Å². The number of hydrogen-bond acceptors (Lipinski definition) is 9. The molecule has 0 radical (unpaired) electrons. The number of alkyl carbamates (subject to hydrolysis) is 1. The number of esters is 1. The Kier molecular flexibility index (Phi) is 11.9. The maximum atomic E-state index is 14.2. The van der Waals surface area contributed by atoms with Crippen molar-refractivity contribution < 1.29 is 42.2 Å². The summed E-state index contributed by atoms with van der Waals surface area (Å²) in [6, 6.07) is 19.2. The number of aromatic hydroxyl groups is 1. The zero-order valence-corrected chi connectivity index (χ0v) is 26.4. The minimum atomic E-state index is -4.48. The minimum absolute atomic E-state index is 0.00919. The van der Waals surface area contributed by atoms with E-state index in [1.54, 1.807) is 69.3 Å². The molecule has 3 atom stereocenters. The number of rotatable bonds is 13. The van der Waals surface area contributed by atoms with E-state index in [1.165, 1.54) is 36.4 Å². The summed E-state index contributed by atoms with van der Waals surface area (Å²) in [5.74, 6) is -2.62. The van der Waals surface area contributed by atoms with Crippen LogP contribution in [0.25, 0.3) is 0 Å². The number of carbonyl (C=O) groups excluding carboxylic acids is 4. The molecule has 3 N–H and O–H groups in total. The highest BCUT2D eigenvalue weighted by Gasteiger charge is 2.41. The summed E-state index contributed by atoms with van der Waals surface area (Å²) in [4.78, 5) is 52.7. The van der Waals surface area contributed by atoms with Gasteiger partial charge in [-0.2, -0.15) is 0 Å². The summed E-state index contributed by atoms with van der Waals surface area (Å²) in [5, 5.41) is 12.6. The molecular weight excluding hydrogens is 600 g/mol. The van der Waals surface area contributed by atoms with Gasteiger partial charge in [0, 0.05) is 6.42 Å². The molecule has 45 heavy (non-hydrogen) atoms. The fourth-order valence-corrected chi connectivity index (χ4v) is 6.22. The van der Waals surface area contributed by atoms with Gasteiger partial charge < -0.3 is 25.2 Å². The van der Waals surface area contributed by atoms with Gasteiger partial charge in [-0.05, 0) is 62.6 Å². The standard InChI is InChI=1S/C33H38N2O9S/c1-33(2,3)44-32(40)35-26(19-22-11-7-5-8-12-22)30(38)28(45(41,42)25-13-9-6-10-14-25)21-29(37)34-27(31(39)43-4)20-23-15-17-24(36)18-16-23/h5-18,26-28,36H,19-21H2,1-4H3,(H,34,37)(H,35,40)/t26-,27?,28?/m0/s1. The fourth-order valence-electron chi connectivity index (χ4n) is 4.51. The Morgan fingerprint density at radius 1 is 0.778 bits per heavy atom. The summed E-state index contributed by atoms with van der Waals surface area (Å²) >= 11 is 0. The average molecular weight is 639 g/mol. The molecule has 2 unspecified atom stereocenters. The van der Waals surface area contributed by atoms with Crippen LogP contribution in [0.2, 0.25) is 0 Å². The molecule has 0 saturated carbocycles. The van der Waals surface area contributed by atoms with Crippen LogP contribution >= 0.6 is 0 Å². The number of ketones is 1. The molecule has 11 nitrogen and oxygen atoms in total. The van der Waals surface area contributed by atoms with Crippen LogP contribution in [0, 0.1) is 0 Å². The molecule has 3 aromatic carbocycles. The Morgan fingerprint density at radius 3 is 1.87 bits per heavy atom. The van der Waals surface area contributed by atoms with Crippen molar-refractivity contribution in [1.29, 1.82) is 0 Å². The third-order valence-electron chi connectivity index (χ3n) is 6.65. The highest BCUT2D eigenvalue weighted by molar-refractivity contribution is 7.92. The Hall–Kier alpha value is -4.71. The number of hydrogen-bond donors (Lipinski definition) is 3. The highest BCUT2D eigenvalue weighted by atomic mass is 32.2. The number of carbonyl (C=O) groups is 4. The predicted molar refractivity (Wildman–Crippen MR) is 166 cm³/mol. The lowest BCUT2D eigenvalue weighted by molar-refractivity contribution is -0.145. The molecular formula is C33H38N2O9S. The van der Waals surface area contributed by atoms with Crippen LogP contribution in [0.3, 0.4) is 0 Å². The molecule has 3 aromatic rings. The Bertz CT molecular complexity index is 1570. The molecule has 3 rings (SSSR count). The van der Waals surface area contributed by atoms with Crippen molar-refractivity contribution in [1.82, 2.24) is 10.6 Å². The third-order valence-corrected chi connectivity index (χ3v) is 8.73. The second-order valence-electron chi connectivity index (χ2n) is 11.4. The van der Waals surface area contributed by atoms with Crippen molar-refractivity contribution in [3.8, 4) is 5.75 Å². The Morgan fingerprint density at radius 2 is 1.31 bits per heavy atom. The van der Waals surface area contributed by atoms with Crippen LogP contribution in [0.4, 0.5) is 4.79 Å². The van der Waals surface area contributed by atoms with E-state index in [9.17, 15) is 32.7 Å². The normalized spacial score (nSPS) is 13.5. The van der Waals surface area contributed by atoms with Crippen molar-refractivity contribution in [2.24, 2.45) is 0 Å². The van der Waals surface area contributed by atoms with Gasteiger partial charge in [0.2, 0.25) is 5.91 Å². The van der Waals surface area contributed by atoms with Crippen molar-refractivity contribution in [2.75, 3.05) is 7.11 Å². The van der Waals surface area contributed by atoms with Gasteiger partial charge in [0.15, 0.2) is 15.6 Å². The van der Waals surface area contributed by atoms with Crippen LogP contribution < -0.4 is 10.6 Å². The van der Waals surface area contributed by atoms with Crippen LogP contribution in [0.5, 0.6) is 5.75 Å². The van der Waals surface area contributed by atoms with E-state index >= 15 is 0 Å². The summed E-state index contributed by atoms with van der Waals surface area (Å²) < 4.78 is 38.0. The maximum absolute atomic E-state index is 14.2. The first-order valence-corrected chi connectivity index (χ1v) is 15.8. The molecule has 0 bridgehead atoms. The van der Waals surface area contributed by atoms with Gasteiger partial charge in [-0.3, -0.25) is 9.59 Å². The van der Waals surface area contributed by atoms with E-state index in [0.717, 1.165) is 7.11 Å². The quantitative estimate of drug-likeness (QED) is 0.238. The number of Topliss-reactive ketones (excluding diaryl/α,β-unsaturated/α-hetero) is 1. The molecule has 0 fully saturated rings. The van der Waals surface area contributed by atoms with E-state index in [4.69, 9.17) is 9.47 Å². The molecule has 0 saturated heterocycles. The van der Waals surface area contributed by atoms with Gasteiger partial charge in [0.1, 0.15) is 22.6 Å². The number of phenolic OH excluding ortho intramolecular Hbond substituents is 1.